The van der Waals surface area contributed by atoms with Crippen LogP contribution in [-0.4, -0.2) is 41.1 Å². The molecule has 0 spiro atoms. The van der Waals surface area contributed by atoms with E-state index in [2.05, 4.69) is 5.32 Å². The third-order valence-electron chi connectivity index (χ3n) is 4.56. The Balaban J connectivity index is 1.95. The highest BCUT2D eigenvalue weighted by atomic mass is 35.5. The normalized spacial score (nSPS) is 12.2. The van der Waals surface area contributed by atoms with E-state index >= 15 is 0 Å². The lowest BCUT2D eigenvalue weighted by Crippen LogP contribution is -2.48. The van der Waals surface area contributed by atoms with E-state index in [1.807, 2.05) is 0 Å². The summed E-state index contributed by atoms with van der Waals surface area (Å²) >= 11 is 18.1. The lowest BCUT2D eigenvalue weighted by Gasteiger charge is -2.24. The van der Waals surface area contributed by atoms with Crippen LogP contribution in [0.15, 0.2) is 72.8 Å². The van der Waals surface area contributed by atoms with E-state index < -0.39 is 36.0 Å². The first-order valence-corrected chi connectivity index (χ1v) is 11.0. The van der Waals surface area contributed by atoms with E-state index in [9.17, 15) is 24.3 Å². The van der Waals surface area contributed by atoms with E-state index in [1.165, 1.54) is 48.5 Å². The minimum atomic E-state index is -2.24. The highest BCUT2D eigenvalue weighted by Crippen LogP contribution is 2.24. The zero-order valence-corrected chi connectivity index (χ0v) is 19.9. The maximum Gasteiger partial charge on any atom is 0.349 e. The fourth-order valence-electron chi connectivity index (χ4n) is 2.87. The van der Waals surface area contributed by atoms with Gasteiger partial charge in [-0.1, -0.05) is 71.2 Å². The van der Waals surface area contributed by atoms with Crippen molar-refractivity contribution in [1.82, 2.24) is 0 Å². The van der Waals surface area contributed by atoms with Gasteiger partial charge in [0.05, 0.1) is 31.9 Å². The van der Waals surface area contributed by atoms with Crippen molar-refractivity contribution in [3.05, 3.63) is 99.0 Å². The Bertz CT molecular complexity index is 1280. The number of rotatable bonds is 8. The topological polar surface area (TPSA) is 119 Å². The Morgan fingerprint density at radius 2 is 1.09 bits per heavy atom. The second-order valence-electron chi connectivity index (χ2n) is 6.92. The third kappa shape index (κ3) is 6.51. The van der Waals surface area contributed by atoms with Gasteiger partial charge in [0.1, 0.15) is 0 Å². The summed E-state index contributed by atoms with van der Waals surface area (Å²) in [5.41, 5.74) is -0.172. The summed E-state index contributed by atoms with van der Waals surface area (Å²) in [6, 6.07) is 17.6. The van der Waals surface area contributed by atoms with E-state index in [-0.39, 0.29) is 31.9 Å². The van der Waals surface area contributed by atoms with Crippen molar-refractivity contribution in [2.24, 2.45) is 0 Å². The maximum absolute atomic E-state index is 13.1. The molecule has 3 rings (SSSR count). The minimum Gasteiger partial charge on any atom is -0.478 e. The lowest BCUT2D eigenvalue weighted by molar-refractivity contribution is -0.157. The van der Waals surface area contributed by atoms with Crippen LogP contribution in [0.2, 0.25) is 15.1 Å². The molecular weight excluding hydrogens is 521 g/mol. The smallest absolute Gasteiger partial charge is 0.349 e. The molecule has 8 nitrogen and oxygen atoms in total. The average Bonchev–Trinajstić information content (AvgIpc) is 2.82. The quantitative estimate of drug-likeness (QED) is 0.383. The predicted molar refractivity (Wildman–Crippen MR) is 129 cm³/mol. The average molecular weight is 537 g/mol. The van der Waals surface area contributed by atoms with E-state index in [0.717, 1.165) is 0 Å². The second kappa shape index (κ2) is 11.7. The number of halogens is 3. The molecule has 1 amide bonds. The van der Waals surface area contributed by atoms with Crippen molar-refractivity contribution in [1.29, 1.82) is 0 Å². The molecule has 0 unspecified atom stereocenters. The Morgan fingerprint density at radius 3 is 1.54 bits per heavy atom. The minimum absolute atomic E-state index is 0.00250. The van der Waals surface area contributed by atoms with Crippen LogP contribution in [0.1, 0.15) is 20.7 Å². The Kier molecular flexibility index (Phi) is 8.70. The zero-order chi connectivity index (χ0) is 25.5. The van der Waals surface area contributed by atoms with Crippen LogP contribution in [-0.2, 0) is 19.1 Å². The molecule has 0 aliphatic heterocycles. The summed E-state index contributed by atoms with van der Waals surface area (Å²) in [6.07, 6.45) is -4.37. The Hall–Kier alpha value is -3.59. The molecule has 0 aromatic heterocycles. The molecule has 0 saturated carbocycles. The van der Waals surface area contributed by atoms with Crippen LogP contribution in [0, 0.1) is 0 Å². The number of esters is 2. The van der Waals surface area contributed by atoms with Gasteiger partial charge in [-0.3, -0.25) is 4.79 Å². The number of hydrogen-bond acceptors (Lipinski definition) is 6. The number of carboxylic acids is 1. The van der Waals surface area contributed by atoms with Gasteiger partial charge in [0.2, 0.25) is 12.2 Å². The number of aliphatic carboxylic acids is 1. The van der Waals surface area contributed by atoms with Crippen LogP contribution >= 0.6 is 34.8 Å². The second-order valence-corrected chi connectivity index (χ2v) is 8.14. The molecule has 0 bridgehead atoms. The molecule has 0 aliphatic carbocycles. The molecule has 2 atom stereocenters. The fraction of sp³-hybridized carbons (Fsp3) is 0.0833. The van der Waals surface area contributed by atoms with Crippen molar-refractivity contribution in [3.8, 4) is 0 Å². The Morgan fingerprint density at radius 1 is 0.657 bits per heavy atom. The predicted octanol–water partition coefficient (Wildman–Crippen LogP) is 5.12. The SMILES string of the molecule is O=C(O[C@H](C(=O)O)[C@H](OC(=O)c1ccccc1Cl)C(=O)Nc1ccccc1Cl)c1ccccc1Cl. The third-order valence-corrected chi connectivity index (χ3v) is 5.55. The summed E-state index contributed by atoms with van der Waals surface area (Å²) in [5, 5.41) is 12.3. The molecule has 3 aromatic rings. The summed E-state index contributed by atoms with van der Waals surface area (Å²) in [5.74, 6) is -5.13. The Labute approximate surface area is 214 Å². The molecular formula is C24H16Cl3NO7. The standard InChI is InChI=1S/C24H16Cl3NO7/c25-15-9-3-1-7-13(15)23(32)34-19(21(29)28-18-12-6-5-11-17(18)27)20(22(30)31)35-24(33)14-8-2-4-10-16(14)26/h1-12,19-20H,(H,28,29)(H,30,31)/t19-,20-/m0/s1. The first-order chi connectivity index (χ1) is 16.7. The fourth-order valence-corrected chi connectivity index (χ4v) is 3.48. The van der Waals surface area contributed by atoms with E-state index in [4.69, 9.17) is 44.3 Å². The molecule has 0 radical (unpaired) electrons. The van der Waals surface area contributed by atoms with Gasteiger partial charge >= 0.3 is 17.9 Å². The molecule has 11 heteroatoms. The number of carboxylic acid groups (broad SMARTS) is 1. The number of benzene rings is 3. The van der Waals surface area contributed by atoms with Gasteiger partial charge in [-0.25, -0.2) is 14.4 Å². The molecule has 180 valence electrons. The maximum atomic E-state index is 13.1. The summed E-state index contributed by atoms with van der Waals surface area (Å²) in [6.45, 7) is 0. The molecule has 35 heavy (non-hydrogen) atoms. The number of carbonyl (C=O) groups is 4. The van der Waals surface area contributed by atoms with Gasteiger partial charge in [0.15, 0.2) is 0 Å². The number of carbonyl (C=O) groups excluding carboxylic acids is 3. The van der Waals surface area contributed by atoms with Crippen molar-refractivity contribution < 1.29 is 33.8 Å². The van der Waals surface area contributed by atoms with Crippen molar-refractivity contribution >= 4 is 64.3 Å². The molecule has 0 saturated heterocycles. The lowest BCUT2D eigenvalue weighted by atomic mass is 10.1. The first-order valence-electron chi connectivity index (χ1n) is 9.88. The van der Waals surface area contributed by atoms with Crippen molar-refractivity contribution in [2.75, 3.05) is 5.32 Å². The van der Waals surface area contributed by atoms with Crippen LogP contribution < -0.4 is 5.32 Å². The number of para-hydroxylation sites is 1. The highest BCUT2D eigenvalue weighted by Gasteiger charge is 2.41. The highest BCUT2D eigenvalue weighted by molar-refractivity contribution is 6.34. The molecule has 0 aliphatic rings. The molecule has 0 fully saturated rings. The van der Waals surface area contributed by atoms with Crippen LogP contribution in [0.3, 0.4) is 0 Å². The van der Waals surface area contributed by atoms with Gasteiger partial charge < -0.3 is 19.9 Å². The number of hydrogen-bond donors (Lipinski definition) is 2. The molecule has 0 heterocycles. The van der Waals surface area contributed by atoms with Crippen LogP contribution in [0.5, 0.6) is 0 Å². The summed E-state index contributed by atoms with van der Waals surface area (Å²) in [4.78, 5) is 50.6. The zero-order valence-electron chi connectivity index (χ0n) is 17.6. The van der Waals surface area contributed by atoms with Crippen LogP contribution in [0.25, 0.3) is 0 Å². The number of amides is 1. The number of anilines is 1. The largest absolute Gasteiger partial charge is 0.478 e. The van der Waals surface area contributed by atoms with E-state index in [1.54, 1.807) is 24.3 Å². The number of nitrogens with one attached hydrogen (secondary N) is 1. The van der Waals surface area contributed by atoms with Gasteiger partial charge in [-0.05, 0) is 36.4 Å². The number of ether oxygens (including phenoxy) is 2. The summed E-state index contributed by atoms with van der Waals surface area (Å²) < 4.78 is 10.3. The molecule has 2 N–H and O–H groups in total. The summed E-state index contributed by atoms with van der Waals surface area (Å²) in [7, 11) is 0. The molecule has 3 aromatic carbocycles. The van der Waals surface area contributed by atoms with Gasteiger partial charge in [0.25, 0.3) is 5.91 Å². The van der Waals surface area contributed by atoms with Gasteiger partial charge in [0, 0.05) is 0 Å². The first kappa shape index (κ1) is 26.0. The van der Waals surface area contributed by atoms with Gasteiger partial charge in [-0.2, -0.15) is 0 Å². The van der Waals surface area contributed by atoms with Gasteiger partial charge in [-0.15, -0.1) is 0 Å². The van der Waals surface area contributed by atoms with Crippen LogP contribution in [0.4, 0.5) is 5.69 Å². The van der Waals surface area contributed by atoms with Crippen molar-refractivity contribution in [2.45, 2.75) is 12.2 Å². The monoisotopic (exact) mass is 535 g/mol. The van der Waals surface area contributed by atoms with Crippen molar-refractivity contribution in [3.63, 3.8) is 0 Å². The van der Waals surface area contributed by atoms with E-state index in [0.29, 0.717) is 0 Å².